The van der Waals surface area contributed by atoms with E-state index < -0.39 is 0 Å². The monoisotopic (exact) mass is 162 g/mol. The molecule has 0 aromatic heterocycles. The summed E-state index contributed by atoms with van der Waals surface area (Å²) in [6, 6.07) is 0. The van der Waals surface area contributed by atoms with Crippen LogP contribution in [0.3, 0.4) is 0 Å². The highest BCUT2D eigenvalue weighted by Gasteiger charge is 2.26. The van der Waals surface area contributed by atoms with Crippen LogP contribution in [0.4, 0.5) is 0 Å². The van der Waals surface area contributed by atoms with E-state index in [1.807, 2.05) is 0 Å². The van der Waals surface area contributed by atoms with Gasteiger partial charge in [0.05, 0.1) is 0 Å². The fourth-order valence-electron chi connectivity index (χ4n) is 2.57. The first-order chi connectivity index (χ1) is 5.86. The maximum atomic E-state index is 3.23. The zero-order valence-electron chi connectivity index (χ0n) is 7.97. The molecule has 0 amide bonds. The molecule has 2 aliphatic carbocycles. The Hall–Kier alpha value is -0.440. The molecule has 1 saturated carbocycles. The molecular formula is C12H18. The van der Waals surface area contributed by atoms with E-state index in [4.69, 9.17) is 0 Å². The molecule has 2 aliphatic rings. The van der Waals surface area contributed by atoms with Gasteiger partial charge in [-0.05, 0) is 30.6 Å². The average molecular weight is 162 g/mol. The van der Waals surface area contributed by atoms with E-state index in [2.05, 4.69) is 18.8 Å². The van der Waals surface area contributed by atoms with E-state index in [-0.39, 0.29) is 0 Å². The second kappa shape index (κ2) is 3.52. The standard InChI is InChI=1S/C12H18/c1-10-6-8-12(9-7-10)11-4-2-3-5-11/h10-12H,4-9H2,1H3. The Labute approximate surface area is 75.7 Å². The third kappa shape index (κ3) is 1.66. The lowest BCUT2D eigenvalue weighted by Gasteiger charge is -2.30. The smallest absolute Gasteiger partial charge is 0.0129 e. The zero-order valence-corrected chi connectivity index (χ0v) is 7.97. The second-order valence-corrected chi connectivity index (χ2v) is 4.54. The molecule has 0 nitrogen and oxygen atoms in total. The van der Waals surface area contributed by atoms with E-state index in [1.54, 1.807) is 0 Å². The molecule has 66 valence electrons. The number of hydrogen-bond acceptors (Lipinski definition) is 0. The molecule has 0 heterocycles. The first kappa shape index (κ1) is 8.17. The fourth-order valence-corrected chi connectivity index (χ4v) is 2.57. The van der Waals surface area contributed by atoms with Gasteiger partial charge in [-0.25, -0.2) is 0 Å². The van der Waals surface area contributed by atoms with Crippen molar-refractivity contribution in [3.8, 4) is 11.8 Å². The zero-order chi connectivity index (χ0) is 8.39. The number of rotatable bonds is 1. The summed E-state index contributed by atoms with van der Waals surface area (Å²) >= 11 is 0. The Kier molecular flexibility index (Phi) is 2.40. The van der Waals surface area contributed by atoms with Crippen LogP contribution < -0.4 is 0 Å². The Morgan fingerprint density at radius 2 is 1.42 bits per heavy atom. The van der Waals surface area contributed by atoms with Crippen molar-refractivity contribution < 1.29 is 0 Å². The first-order valence-electron chi connectivity index (χ1n) is 5.32. The van der Waals surface area contributed by atoms with Gasteiger partial charge in [0.2, 0.25) is 0 Å². The summed E-state index contributed by atoms with van der Waals surface area (Å²) in [4.78, 5) is 0. The van der Waals surface area contributed by atoms with Gasteiger partial charge in [0.25, 0.3) is 0 Å². The van der Waals surface area contributed by atoms with Crippen molar-refractivity contribution in [1.29, 1.82) is 0 Å². The minimum Gasteiger partial charge on any atom is -0.103 e. The van der Waals surface area contributed by atoms with Crippen LogP contribution >= 0.6 is 0 Å². The van der Waals surface area contributed by atoms with Gasteiger partial charge in [0, 0.05) is 12.8 Å². The largest absolute Gasteiger partial charge is 0.103 e. The molecule has 0 N–H and O–H groups in total. The van der Waals surface area contributed by atoms with Crippen LogP contribution in [-0.2, 0) is 0 Å². The van der Waals surface area contributed by atoms with Gasteiger partial charge in [-0.1, -0.05) is 19.8 Å². The summed E-state index contributed by atoms with van der Waals surface area (Å²) in [5.74, 6) is 9.37. The molecule has 0 aliphatic heterocycles. The van der Waals surface area contributed by atoms with Crippen LogP contribution in [0.2, 0.25) is 0 Å². The Balaban J connectivity index is 1.82. The van der Waals surface area contributed by atoms with Crippen LogP contribution in [0.25, 0.3) is 0 Å². The highest BCUT2D eigenvalue weighted by Crippen LogP contribution is 2.36. The van der Waals surface area contributed by atoms with E-state index in [1.165, 1.54) is 38.5 Å². The molecule has 1 fully saturated rings. The minimum absolute atomic E-state index is 0.914. The molecule has 2 rings (SSSR count). The third-order valence-electron chi connectivity index (χ3n) is 3.58. The van der Waals surface area contributed by atoms with Crippen molar-refractivity contribution in [3.63, 3.8) is 0 Å². The lowest BCUT2D eigenvalue weighted by atomic mass is 9.75. The van der Waals surface area contributed by atoms with E-state index >= 15 is 0 Å². The average Bonchev–Trinajstić information content (AvgIpc) is 2.58. The normalized spacial score (nSPS) is 36.1. The van der Waals surface area contributed by atoms with Crippen molar-refractivity contribution in [1.82, 2.24) is 0 Å². The van der Waals surface area contributed by atoms with Gasteiger partial charge in [0.15, 0.2) is 0 Å². The molecular weight excluding hydrogens is 144 g/mol. The summed E-state index contributed by atoms with van der Waals surface area (Å²) < 4.78 is 0. The maximum Gasteiger partial charge on any atom is 0.0129 e. The van der Waals surface area contributed by atoms with Crippen molar-refractivity contribution in [2.45, 2.75) is 45.4 Å². The lowest BCUT2D eigenvalue weighted by molar-refractivity contribution is 0.220. The summed E-state index contributed by atoms with van der Waals surface area (Å²) in [5, 5.41) is 0. The van der Waals surface area contributed by atoms with E-state index in [0.29, 0.717) is 0 Å². The Morgan fingerprint density at radius 1 is 0.833 bits per heavy atom. The van der Waals surface area contributed by atoms with Crippen LogP contribution in [0.15, 0.2) is 0 Å². The van der Waals surface area contributed by atoms with Gasteiger partial charge >= 0.3 is 0 Å². The second-order valence-electron chi connectivity index (χ2n) is 4.54. The van der Waals surface area contributed by atoms with Crippen molar-refractivity contribution in [3.05, 3.63) is 0 Å². The number of hydrogen-bond donors (Lipinski definition) is 0. The molecule has 0 aromatic rings. The highest BCUT2D eigenvalue weighted by atomic mass is 14.3. The quantitative estimate of drug-likeness (QED) is 0.519. The predicted octanol–water partition coefficient (Wildman–Crippen LogP) is 3.23. The molecule has 12 heavy (non-hydrogen) atoms. The van der Waals surface area contributed by atoms with Gasteiger partial charge in [-0.3, -0.25) is 0 Å². The maximum absolute atomic E-state index is 3.23. The molecule has 0 spiro atoms. The van der Waals surface area contributed by atoms with Crippen LogP contribution in [0, 0.1) is 29.6 Å². The van der Waals surface area contributed by atoms with Crippen LogP contribution in [-0.4, -0.2) is 0 Å². The summed E-state index contributed by atoms with van der Waals surface area (Å²) in [7, 11) is 0. The minimum atomic E-state index is 0.914. The molecule has 0 saturated heterocycles. The topological polar surface area (TPSA) is 0 Å². The lowest BCUT2D eigenvalue weighted by Crippen LogP contribution is -2.19. The fraction of sp³-hybridized carbons (Fsp3) is 0.833. The first-order valence-corrected chi connectivity index (χ1v) is 5.32. The summed E-state index contributed by atoms with van der Waals surface area (Å²) in [6.07, 6.45) is 8.24. The SMILES string of the molecule is CC1CCC(C2CC#CC2)CC1. The molecule has 0 radical (unpaired) electrons. The van der Waals surface area contributed by atoms with Gasteiger partial charge in [-0.2, -0.15) is 0 Å². The third-order valence-corrected chi connectivity index (χ3v) is 3.58. The predicted molar refractivity (Wildman–Crippen MR) is 51.6 cm³/mol. The van der Waals surface area contributed by atoms with Crippen LogP contribution in [0.1, 0.15) is 45.4 Å². The van der Waals surface area contributed by atoms with E-state index in [9.17, 15) is 0 Å². The molecule has 0 unspecified atom stereocenters. The Morgan fingerprint density at radius 3 is 2.00 bits per heavy atom. The van der Waals surface area contributed by atoms with Gasteiger partial charge < -0.3 is 0 Å². The van der Waals surface area contributed by atoms with Crippen molar-refractivity contribution in [2.24, 2.45) is 17.8 Å². The Bertz CT molecular complexity index is 188. The molecule has 0 heteroatoms. The summed E-state index contributed by atoms with van der Waals surface area (Å²) in [5.41, 5.74) is 0. The highest BCUT2D eigenvalue weighted by molar-refractivity contribution is 5.09. The summed E-state index contributed by atoms with van der Waals surface area (Å²) in [6.45, 7) is 2.39. The molecule has 0 aromatic carbocycles. The van der Waals surface area contributed by atoms with Crippen molar-refractivity contribution in [2.75, 3.05) is 0 Å². The molecule has 0 atom stereocenters. The van der Waals surface area contributed by atoms with Gasteiger partial charge in [0.1, 0.15) is 0 Å². The molecule has 0 bridgehead atoms. The van der Waals surface area contributed by atoms with E-state index in [0.717, 1.165) is 17.8 Å². The van der Waals surface area contributed by atoms with Crippen molar-refractivity contribution >= 4 is 0 Å². The van der Waals surface area contributed by atoms with Crippen LogP contribution in [0.5, 0.6) is 0 Å². The van der Waals surface area contributed by atoms with Gasteiger partial charge in [-0.15, -0.1) is 11.8 Å².